The molecule has 2 rings (SSSR count). The Hall–Kier alpha value is -1.56. The van der Waals surface area contributed by atoms with Crippen molar-refractivity contribution in [1.29, 1.82) is 0 Å². The summed E-state index contributed by atoms with van der Waals surface area (Å²) < 4.78 is 0. The Morgan fingerprint density at radius 3 is 1.67 bits per heavy atom. The summed E-state index contributed by atoms with van der Waals surface area (Å²) >= 11 is 0. The number of unbranched alkanes of at least 4 members (excludes halogenated alkanes) is 3. The smallest absolute Gasteiger partial charge is 0.0247 e. The van der Waals surface area contributed by atoms with Gasteiger partial charge >= 0.3 is 0 Å². The Labute approximate surface area is 130 Å². The molecule has 0 N–H and O–H groups in total. The summed E-state index contributed by atoms with van der Waals surface area (Å²) in [5.74, 6) is 0.770. The van der Waals surface area contributed by atoms with Gasteiger partial charge in [0.2, 0.25) is 0 Å². The molecule has 0 saturated heterocycles. The average molecular weight is 280 g/mol. The summed E-state index contributed by atoms with van der Waals surface area (Å²) in [6, 6.07) is 21.9. The molecule has 2 aromatic rings. The molecule has 0 aliphatic rings. The molecule has 2 aromatic carbocycles. The van der Waals surface area contributed by atoms with Crippen molar-refractivity contribution < 1.29 is 0 Å². The van der Waals surface area contributed by atoms with Crippen molar-refractivity contribution in [3.05, 3.63) is 71.8 Å². The van der Waals surface area contributed by atoms with E-state index >= 15 is 0 Å². The van der Waals surface area contributed by atoms with Crippen molar-refractivity contribution in [1.82, 2.24) is 0 Å². The van der Waals surface area contributed by atoms with Crippen LogP contribution in [0.2, 0.25) is 0 Å². The van der Waals surface area contributed by atoms with Gasteiger partial charge in [0.05, 0.1) is 0 Å². The third-order valence-corrected chi connectivity index (χ3v) is 4.20. The second kappa shape index (κ2) is 9.39. The molecular weight excluding hydrogens is 252 g/mol. The molecule has 112 valence electrons. The fourth-order valence-corrected chi connectivity index (χ4v) is 3.03. The molecule has 0 saturated carbocycles. The summed E-state index contributed by atoms with van der Waals surface area (Å²) in [5.41, 5.74) is 2.96. The fraction of sp³-hybridized carbons (Fsp3) is 0.429. The van der Waals surface area contributed by atoms with Crippen molar-refractivity contribution in [2.75, 3.05) is 0 Å². The fourth-order valence-electron chi connectivity index (χ4n) is 3.03. The van der Waals surface area contributed by atoms with Gasteiger partial charge in [0.1, 0.15) is 0 Å². The molecule has 0 unspecified atom stereocenters. The lowest BCUT2D eigenvalue weighted by molar-refractivity contribution is 0.449. The minimum atomic E-state index is 0.770. The van der Waals surface area contributed by atoms with E-state index in [2.05, 4.69) is 67.6 Å². The van der Waals surface area contributed by atoms with E-state index in [0.717, 1.165) is 5.92 Å². The van der Waals surface area contributed by atoms with Crippen LogP contribution in [0.3, 0.4) is 0 Å². The van der Waals surface area contributed by atoms with Crippen LogP contribution in [0.1, 0.15) is 50.2 Å². The molecule has 0 fully saturated rings. The van der Waals surface area contributed by atoms with Gasteiger partial charge in [0.25, 0.3) is 0 Å². The monoisotopic (exact) mass is 280 g/mol. The normalized spacial score (nSPS) is 11.0. The van der Waals surface area contributed by atoms with E-state index in [0.29, 0.717) is 0 Å². The lowest BCUT2D eigenvalue weighted by atomic mass is 9.88. The van der Waals surface area contributed by atoms with Crippen molar-refractivity contribution in [2.45, 2.75) is 51.9 Å². The Morgan fingerprint density at radius 1 is 0.667 bits per heavy atom. The summed E-state index contributed by atoms with van der Waals surface area (Å²) in [7, 11) is 0. The van der Waals surface area contributed by atoms with Crippen LogP contribution in [-0.4, -0.2) is 0 Å². The van der Waals surface area contributed by atoms with Gasteiger partial charge in [0, 0.05) is 0 Å². The van der Waals surface area contributed by atoms with Gasteiger partial charge in [-0.15, -0.1) is 0 Å². The first-order valence-electron chi connectivity index (χ1n) is 8.46. The van der Waals surface area contributed by atoms with Gasteiger partial charge in [-0.3, -0.25) is 0 Å². The Bertz CT molecular complexity index is 430. The summed E-state index contributed by atoms with van der Waals surface area (Å²) in [6.45, 7) is 2.28. The first kappa shape index (κ1) is 15.8. The maximum absolute atomic E-state index is 2.28. The third kappa shape index (κ3) is 6.16. The maximum atomic E-state index is 2.28. The lowest BCUT2D eigenvalue weighted by Crippen LogP contribution is -2.08. The van der Waals surface area contributed by atoms with E-state index in [1.165, 1.54) is 56.1 Å². The minimum absolute atomic E-state index is 0.770. The van der Waals surface area contributed by atoms with Gasteiger partial charge in [-0.25, -0.2) is 0 Å². The number of rotatable bonds is 9. The van der Waals surface area contributed by atoms with Gasteiger partial charge in [-0.2, -0.15) is 0 Å². The molecule has 0 aliphatic heterocycles. The molecule has 0 bridgehead atoms. The second-order valence-electron chi connectivity index (χ2n) is 6.09. The molecule has 0 amide bonds. The highest BCUT2D eigenvalue weighted by Crippen LogP contribution is 2.21. The van der Waals surface area contributed by atoms with Crippen LogP contribution in [0.25, 0.3) is 0 Å². The standard InChI is InChI=1S/C21H28/c1-2-3-4-7-16-21(17-19-12-8-5-9-13-19)18-20-14-10-6-11-15-20/h5-6,8-15,21H,2-4,7,16-18H2,1H3. The number of hydrogen-bond acceptors (Lipinski definition) is 0. The summed E-state index contributed by atoms with van der Waals surface area (Å²) in [6.07, 6.45) is 9.23. The topological polar surface area (TPSA) is 0 Å². The van der Waals surface area contributed by atoms with Crippen LogP contribution >= 0.6 is 0 Å². The van der Waals surface area contributed by atoms with Gasteiger partial charge in [-0.1, -0.05) is 93.3 Å². The quantitative estimate of drug-likeness (QED) is 0.490. The summed E-state index contributed by atoms with van der Waals surface area (Å²) in [4.78, 5) is 0. The number of benzene rings is 2. The number of hydrogen-bond donors (Lipinski definition) is 0. The van der Waals surface area contributed by atoms with Crippen molar-refractivity contribution in [2.24, 2.45) is 5.92 Å². The zero-order valence-corrected chi connectivity index (χ0v) is 13.3. The van der Waals surface area contributed by atoms with Crippen LogP contribution in [0.15, 0.2) is 60.7 Å². The van der Waals surface area contributed by atoms with Crippen LogP contribution in [0, 0.1) is 5.92 Å². The highest BCUT2D eigenvalue weighted by molar-refractivity contribution is 5.18. The van der Waals surface area contributed by atoms with E-state index < -0.39 is 0 Å². The zero-order valence-electron chi connectivity index (χ0n) is 13.3. The predicted octanol–water partition coefficient (Wildman–Crippen LogP) is 6.06. The zero-order chi connectivity index (χ0) is 14.8. The first-order valence-corrected chi connectivity index (χ1v) is 8.46. The van der Waals surface area contributed by atoms with Crippen LogP contribution in [0.5, 0.6) is 0 Å². The molecule has 0 radical (unpaired) electrons. The first-order chi connectivity index (χ1) is 10.4. The Balaban J connectivity index is 1.93. The van der Waals surface area contributed by atoms with Crippen molar-refractivity contribution in [3.63, 3.8) is 0 Å². The van der Waals surface area contributed by atoms with E-state index in [1.807, 2.05) is 0 Å². The lowest BCUT2D eigenvalue weighted by Gasteiger charge is -2.17. The average Bonchev–Trinajstić information content (AvgIpc) is 2.53. The molecule has 0 heterocycles. The van der Waals surface area contributed by atoms with E-state index in [1.54, 1.807) is 0 Å². The highest BCUT2D eigenvalue weighted by Gasteiger charge is 2.10. The molecule has 21 heavy (non-hydrogen) atoms. The predicted molar refractivity (Wildman–Crippen MR) is 92.5 cm³/mol. The third-order valence-electron chi connectivity index (χ3n) is 4.20. The molecule has 0 atom stereocenters. The Morgan fingerprint density at radius 2 is 1.19 bits per heavy atom. The molecule has 0 nitrogen and oxygen atoms in total. The molecule has 0 spiro atoms. The second-order valence-corrected chi connectivity index (χ2v) is 6.09. The largest absolute Gasteiger partial charge is 0.0654 e. The van der Waals surface area contributed by atoms with Crippen LogP contribution in [-0.2, 0) is 12.8 Å². The highest BCUT2D eigenvalue weighted by atomic mass is 14.2. The molecule has 0 aliphatic carbocycles. The minimum Gasteiger partial charge on any atom is -0.0654 e. The molecular formula is C21H28. The van der Waals surface area contributed by atoms with E-state index in [-0.39, 0.29) is 0 Å². The maximum Gasteiger partial charge on any atom is -0.0247 e. The van der Waals surface area contributed by atoms with E-state index in [9.17, 15) is 0 Å². The van der Waals surface area contributed by atoms with Crippen molar-refractivity contribution >= 4 is 0 Å². The van der Waals surface area contributed by atoms with Gasteiger partial charge < -0.3 is 0 Å². The van der Waals surface area contributed by atoms with Crippen LogP contribution < -0.4 is 0 Å². The van der Waals surface area contributed by atoms with Gasteiger partial charge in [0.15, 0.2) is 0 Å². The molecule has 0 aromatic heterocycles. The summed E-state index contributed by atoms with van der Waals surface area (Å²) in [5, 5.41) is 0. The van der Waals surface area contributed by atoms with Crippen molar-refractivity contribution in [3.8, 4) is 0 Å². The SMILES string of the molecule is CCCCCCC(Cc1ccccc1)Cc1ccccc1. The van der Waals surface area contributed by atoms with Crippen LogP contribution in [0.4, 0.5) is 0 Å². The van der Waals surface area contributed by atoms with E-state index in [4.69, 9.17) is 0 Å². The molecule has 0 heteroatoms. The Kier molecular flexibility index (Phi) is 7.07. The van der Waals surface area contributed by atoms with Gasteiger partial charge in [-0.05, 0) is 36.3 Å².